The molecular weight excluding hydrogens is 316 g/mol. The van der Waals surface area contributed by atoms with E-state index in [9.17, 15) is 4.79 Å². The zero-order valence-corrected chi connectivity index (χ0v) is 13.8. The first kappa shape index (κ1) is 14.9. The van der Waals surface area contributed by atoms with Crippen molar-refractivity contribution in [2.45, 2.75) is 0 Å². The molecule has 0 saturated carbocycles. The predicted octanol–water partition coefficient (Wildman–Crippen LogP) is 3.44. The molecule has 1 fully saturated rings. The van der Waals surface area contributed by atoms with Crippen LogP contribution in [-0.4, -0.2) is 21.9 Å². The molecule has 3 rings (SSSR count). The van der Waals surface area contributed by atoms with Gasteiger partial charge in [0.05, 0.1) is 17.7 Å². The van der Waals surface area contributed by atoms with E-state index in [2.05, 4.69) is 0 Å². The van der Waals surface area contributed by atoms with Gasteiger partial charge < -0.3 is 9.30 Å². The normalized spacial score (nSPS) is 16.6. The molecular formula is C16H14N2O2S2. The van der Waals surface area contributed by atoms with Crippen molar-refractivity contribution in [1.29, 1.82) is 0 Å². The summed E-state index contributed by atoms with van der Waals surface area (Å²) < 4.78 is 7.79. The first-order valence-electron chi connectivity index (χ1n) is 6.64. The number of methoxy groups -OCH3 is 1. The summed E-state index contributed by atoms with van der Waals surface area (Å²) in [5, 5.41) is 0. The van der Waals surface area contributed by atoms with Gasteiger partial charge in [-0.3, -0.25) is 9.69 Å². The lowest BCUT2D eigenvalue weighted by molar-refractivity contribution is -0.113. The van der Waals surface area contributed by atoms with E-state index in [0.717, 1.165) is 5.69 Å². The van der Waals surface area contributed by atoms with Crippen molar-refractivity contribution in [1.82, 2.24) is 4.57 Å². The molecule has 1 aromatic heterocycles. The fourth-order valence-electron chi connectivity index (χ4n) is 2.25. The number of hydrogen-bond acceptors (Lipinski definition) is 4. The van der Waals surface area contributed by atoms with Crippen LogP contribution in [0.4, 0.5) is 5.69 Å². The second-order valence-corrected chi connectivity index (χ2v) is 6.41. The molecule has 1 aliphatic heterocycles. The minimum atomic E-state index is -0.124. The molecule has 6 heteroatoms. The maximum Gasteiger partial charge on any atom is 0.270 e. The Hall–Kier alpha value is -2.05. The third-order valence-electron chi connectivity index (χ3n) is 3.38. The lowest BCUT2D eigenvalue weighted by atomic mass is 10.2. The number of anilines is 1. The van der Waals surface area contributed by atoms with Crippen LogP contribution in [0.25, 0.3) is 6.08 Å². The van der Waals surface area contributed by atoms with Crippen LogP contribution in [0.2, 0.25) is 0 Å². The minimum absolute atomic E-state index is 0.124. The Morgan fingerprint density at radius 3 is 2.68 bits per heavy atom. The van der Waals surface area contributed by atoms with Gasteiger partial charge >= 0.3 is 0 Å². The van der Waals surface area contributed by atoms with Crippen LogP contribution in [0.15, 0.2) is 47.5 Å². The van der Waals surface area contributed by atoms with E-state index < -0.39 is 0 Å². The van der Waals surface area contributed by atoms with Crippen LogP contribution in [0.5, 0.6) is 5.75 Å². The molecule has 4 nitrogen and oxygen atoms in total. The van der Waals surface area contributed by atoms with Gasteiger partial charge in [-0.05, 0) is 30.3 Å². The zero-order chi connectivity index (χ0) is 15.7. The minimum Gasteiger partial charge on any atom is -0.495 e. The highest BCUT2D eigenvalue weighted by Gasteiger charge is 2.34. The van der Waals surface area contributed by atoms with E-state index in [1.54, 1.807) is 7.11 Å². The van der Waals surface area contributed by atoms with Gasteiger partial charge in [-0.15, -0.1) is 0 Å². The first-order chi connectivity index (χ1) is 10.6. The number of thioether (sulfide) groups is 1. The Morgan fingerprint density at radius 1 is 1.23 bits per heavy atom. The standard InChI is InChI=1S/C16H14N2O2S2/c1-17-9-5-6-11(17)10-14-15(19)18(16(21)22-14)12-7-3-4-8-13(12)20-2/h3-10H,1-2H3. The number of aromatic nitrogens is 1. The molecule has 2 aromatic rings. The number of ether oxygens (including phenoxy) is 1. The summed E-state index contributed by atoms with van der Waals surface area (Å²) in [6.45, 7) is 0. The smallest absolute Gasteiger partial charge is 0.270 e. The maximum atomic E-state index is 12.7. The van der Waals surface area contributed by atoms with Crippen LogP contribution in [0.1, 0.15) is 5.69 Å². The second kappa shape index (κ2) is 5.98. The number of nitrogens with zero attached hydrogens (tertiary/aromatic N) is 2. The molecule has 1 aliphatic rings. The van der Waals surface area contributed by atoms with E-state index in [1.807, 2.05) is 60.3 Å². The zero-order valence-electron chi connectivity index (χ0n) is 12.1. The van der Waals surface area contributed by atoms with Crippen molar-refractivity contribution in [2.24, 2.45) is 7.05 Å². The van der Waals surface area contributed by atoms with Gasteiger partial charge in [-0.1, -0.05) is 36.1 Å². The average molecular weight is 330 g/mol. The van der Waals surface area contributed by atoms with Crippen molar-refractivity contribution >= 4 is 46.0 Å². The largest absolute Gasteiger partial charge is 0.495 e. The maximum absolute atomic E-state index is 12.7. The number of carbonyl (C=O) groups is 1. The number of para-hydroxylation sites is 2. The van der Waals surface area contributed by atoms with Gasteiger partial charge in [-0.25, -0.2) is 0 Å². The van der Waals surface area contributed by atoms with E-state index in [-0.39, 0.29) is 5.91 Å². The molecule has 0 aliphatic carbocycles. The summed E-state index contributed by atoms with van der Waals surface area (Å²) in [7, 11) is 3.52. The van der Waals surface area contributed by atoms with E-state index in [1.165, 1.54) is 16.7 Å². The molecule has 1 aromatic carbocycles. The van der Waals surface area contributed by atoms with Gasteiger partial charge in [0.15, 0.2) is 4.32 Å². The number of carbonyl (C=O) groups excluding carboxylic acids is 1. The monoisotopic (exact) mass is 330 g/mol. The molecule has 2 heterocycles. The fraction of sp³-hybridized carbons (Fsp3) is 0.125. The fourth-order valence-corrected chi connectivity index (χ4v) is 3.52. The summed E-state index contributed by atoms with van der Waals surface area (Å²) >= 11 is 6.68. The Labute approximate surface area is 138 Å². The molecule has 0 bridgehead atoms. The summed E-state index contributed by atoms with van der Waals surface area (Å²) in [4.78, 5) is 14.8. The molecule has 0 atom stereocenters. The van der Waals surface area contributed by atoms with Crippen molar-refractivity contribution in [3.8, 4) is 5.75 Å². The van der Waals surface area contributed by atoms with Gasteiger partial charge in [0, 0.05) is 18.9 Å². The molecule has 22 heavy (non-hydrogen) atoms. The van der Waals surface area contributed by atoms with Crippen LogP contribution in [0, 0.1) is 0 Å². The average Bonchev–Trinajstić information content (AvgIpc) is 3.04. The summed E-state index contributed by atoms with van der Waals surface area (Å²) in [5.41, 5.74) is 1.63. The van der Waals surface area contributed by atoms with Crippen LogP contribution in [0.3, 0.4) is 0 Å². The van der Waals surface area contributed by atoms with Crippen LogP contribution in [-0.2, 0) is 11.8 Å². The summed E-state index contributed by atoms with van der Waals surface area (Å²) in [5.74, 6) is 0.500. The number of rotatable bonds is 3. The van der Waals surface area contributed by atoms with E-state index in [0.29, 0.717) is 20.7 Å². The van der Waals surface area contributed by atoms with Gasteiger partial charge in [0.2, 0.25) is 0 Å². The summed E-state index contributed by atoms with van der Waals surface area (Å²) in [6, 6.07) is 11.3. The highest BCUT2D eigenvalue weighted by molar-refractivity contribution is 8.27. The first-order valence-corrected chi connectivity index (χ1v) is 7.86. The molecule has 112 valence electrons. The van der Waals surface area contributed by atoms with Crippen molar-refractivity contribution in [3.63, 3.8) is 0 Å². The van der Waals surface area contributed by atoms with Gasteiger partial charge in [-0.2, -0.15) is 0 Å². The Bertz CT molecular complexity index is 780. The topological polar surface area (TPSA) is 34.5 Å². The lowest BCUT2D eigenvalue weighted by Gasteiger charge is -2.17. The van der Waals surface area contributed by atoms with E-state index >= 15 is 0 Å². The molecule has 0 spiro atoms. The molecule has 0 N–H and O–H groups in total. The predicted molar refractivity (Wildman–Crippen MR) is 94.1 cm³/mol. The van der Waals surface area contributed by atoms with Crippen molar-refractivity contribution < 1.29 is 9.53 Å². The third kappa shape index (κ3) is 2.55. The number of hydrogen-bond donors (Lipinski definition) is 0. The quantitative estimate of drug-likeness (QED) is 0.638. The van der Waals surface area contributed by atoms with E-state index in [4.69, 9.17) is 17.0 Å². The van der Waals surface area contributed by atoms with Gasteiger partial charge in [0.1, 0.15) is 5.75 Å². The van der Waals surface area contributed by atoms with Crippen molar-refractivity contribution in [3.05, 3.63) is 53.2 Å². The SMILES string of the molecule is COc1ccccc1N1C(=O)C(=Cc2cccn2C)SC1=S. The Balaban J connectivity index is 1.99. The Kier molecular flexibility index (Phi) is 4.04. The third-order valence-corrected chi connectivity index (χ3v) is 4.68. The highest BCUT2D eigenvalue weighted by Crippen LogP contribution is 2.39. The van der Waals surface area contributed by atoms with Crippen LogP contribution < -0.4 is 9.64 Å². The summed E-state index contributed by atoms with van der Waals surface area (Å²) in [6.07, 6.45) is 3.79. The number of benzene rings is 1. The second-order valence-electron chi connectivity index (χ2n) is 4.73. The van der Waals surface area contributed by atoms with Crippen LogP contribution >= 0.6 is 24.0 Å². The Morgan fingerprint density at radius 2 is 2.00 bits per heavy atom. The number of amides is 1. The lowest BCUT2D eigenvalue weighted by Crippen LogP contribution is -2.27. The molecule has 0 unspecified atom stereocenters. The number of aryl methyl sites for hydroxylation is 1. The molecule has 1 saturated heterocycles. The molecule has 1 amide bonds. The van der Waals surface area contributed by atoms with Crippen molar-refractivity contribution in [2.75, 3.05) is 12.0 Å². The van der Waals surface area contributed by atoms with Gasteiger partial charge in [0.25, 0.3) is 5.91 Å². The molecule has 0 radical (unpaired) electrons. The highest BCUT2D eigenvalue weighted by atomic mass is 32.2. The number of thiocarbonyl (C=S) groups is 1.